The Kier molecular flexibility index (Phi) is 13.0. The second-order valence-corrected chi connectivity index (χ2v) is 5.82. The van der Waals surface area contributed by atoms with E-state index in [1.807, 2.05) is 0 Å². The molecular formula is C17H35NO2. The van der Waals surface area contributed by atoms with Gasteiger partial charge in [0, 0.05) is 13.0 Å². The van der Waals surface area contributed by atoms with Crippen molar-refractivity contribution in [3.05, 3.63) is 0 Å². The van der Waals surface area contributed by atoms with Gasteiger partial charge in [-0.1, -0.05) is 72.1 Å². The number of aliphatic hydroxyl groups excluding tert-OH is 1. The van der Waals surface area contributed by atoms with Gasteiger partial charge in [0.1, 0.15) is 0 Å². The monoisotopic (exact) mass is 285 g/mol. The highest BCUT2D eigenvalue weighted by Crippen LogP contribution is 2.12. The Morgan fingerprint density at radius 1 is 0.950 bits per heavy atom. The summed E-state index contributed by atoms with van der Waals surface area (Å²) in [6.07, 6.45) is 10.7. The highest BCUT2D eigenvalue weighted by Gasteiger charge is 2.15. The summed E-state index contributed by atoms with van der Waals surface area (Å²) in [6, 6.07) is 0. The first-order valence-electron chi connectivity index (χ1n) is 8.60. The van der Waals surface area contributed by atoms with Crippen LogP contribution in [0.1, 0.15) is 85.0 Å². The van der Waals surface area contributed by atoms with E-state index in [2.05, 4.69) is 26.1 Å². The number of amides is 1. The van der Waals surface area contributed by atoms with Gasteiger partial charge >= 0.3 is 0 Å². The fraction of sp³-hybridized carbons (Fsp3) is 0.941. The van der Waals surface area contributed by atoms with Crippen molar-refractivity contribution in [3.63, 3.8) is 0 Å². The number of nitrogens with one attached hydrogen (secondary N) is 1. The average Bonchev–Trinajstić information content (AvgIpc) is 2.45. The molecule has 0 spiro atoms. The zero-order chi connectivity index (χ0) is 15.2. The van der Waals surface area contributed by atoms with Crippen LogP contribution in [0.25, 0.3) is 0 Å². The number of aliphatic hydroxyl groups is 1. The average molecular weight is 285 g/mol. The predicted molar refractivity (Wildman–Crippen MR) is 85.7 cm³/mol. The summed E-state index contributed by atoms with van der Waals surface area (Å²) in [5.41, 5.74) is 0. The van der Waals surface area contributed by atoms with E-state index in [1.54, 1.807) is 0 Å². The van der Waals surface area contributed by atoms with E-state index in [-0.39, 0.29) is 5.91 Å². The molecular weight excluding hydrogens is 250 g/mol. The van der Waals surface area contributed by atoms with Gasteiger partial charge in [-0.3, -0.25) is 4.79 Å². The summed E-state index contributed by atoms with van der Waals surface area (Å²) in [5.74, 6) is 0.387. The normalized spacial score (nSPS) is 12.7. The molecule has 120 valence electrons. The van der Waals surface area contributed by atoms with Gasteiger partial charge in [0.25, 0.3) is 0 Å². The smallest absolute Gasteiger partial charge is 0.220 e. The van der Waals surface area contributed by atoms with E-state index in [0.717, 1.165) is 25.7 Å². The summed E-state index contributed by atoms with van der Waals surface area (Å²) in [4.78, 5) is 11.7. The molecule has 0 fully saturated rings. The van der Waals surface area contributed by atoms with Gasteiger partial charge in [0.05, 0.1) is 6.10 Å². The van der Waals surface area contributed by atoms with E-state index < -0.39 is 6.10 Å². The van der Waals surface area contributed by atoms with E-state index in [1.165, 1.54) is 32.1 Å². The maximum atomic E-state index is 11.7. The molecule has 0 aromatic carbocycles. The van der Waals surface area contributed by atoms with Crippen LogP contribution in [0.4, 0.5) is 0 Å². The predicted octanol–water partition coefficient (Wildman–Crippen LogP) is 4.04. The zero-order valence-corrected chi connectivity index (χ0v) is 13.8. The minimum atomic E-state index is -0.400. The zero-order valence-electron chi connectivity index (χ0n) is 13.8. The van der Waals surface area contributed by atoms with Gasteiger partial charge in [-0.2, -0.15) is 0 Å². The van der Waals surface area contributed by atoms with Crippen molar-refractivity contribution in [1.82, 2.24) is 5.32 Å². The van der Waals surface area contributed by atoms with Crippen LogP contribution < -0.4 is 5.32 Å². The van der Waals surface area contributed by atoms with Crippen LogP contribution >= 0.6 is 0 Å². The number of carbonyl (C=O) groups is 1. The Hall–Kier alpha value is -0.570. The lowest BCUT2D eigenvalue weighted by Gasteiger charge is -2.20. The molecule has 1 unspecified atom stereocenters. The van der Waals surface area contributed by atoms with E-state index in [0.29, 0.717) is 18.9 Å². The number of hydrogen-bond donors (Lipinski definition) is 2. The third-order valence-corrected chi connectivity index (χ3v) is 4.11. The molecule has 0 heterocycles. The quantitative estimate of drug-likeness (QED) is 0.502. The molecule has 0 aromatic rings. The Bertz CT molecular complexity index is 227. The van der Waals surface area contributed by atoms with Crippen LogP contribution in [0.15, 0.2) is 0 Å². The highest BCUT2D eigenvalue weighted by molar-refractivity contribution is 5.75. The first-order chi connectivity index (χ1) is 9.65. The molecule has 1 amide bonds. The van der Waals surface area contributed by atoms with E-state index in [4.69, 9.17) is 0 Å². The first kappa shape index (κ1) is 19.4. The van der Waals surface area contributed by atoms with Crippen LogP contribution in [0.5, 0.6) is 0 Å². The summed E-state index contributed by atoms with van der Waals surface area (Å²) in [5, 5.41) is 12.8. The summed E-state index contributed by atoms with van der Waals surface area (Å²) in [7, 11) is 0. The molecule has 2 N–H and O–H groups in total. The van der Waals surface area contributed by atoms with Crippen LogP contribution in [0.3, 0.4) is 0 Å². The van der Waals surface area contributed by atoms with Crippen LogP contribution in [-0.4, -0.2) is 23.7 Å². The van der Waals surface area contributed by atoms with Crippen LogP contribution in [-0.2, 0) is 4.79 Å². The molecule has 3 nitrogen and oxygen atoms in total. The molecule has 1 atom stereocenters. The molecule has 0 radical (unpaired) electrons. The lowest BCUT2D eigenvalue weighted by Crippen LogP contribution is -2.35. The molecule has 20 heavy (non-hydrogen) atoms. The largest absolute Gasteiger partial charge is 0.391 e. The van der Waals surface area contributed by atoms with Gasteiger partial charge in [-0.05, 0) is 12.3 Å². The van der Waals surface area contributed by atoms with Gasteiger partial charge in [0.15, 0.2) is 0 Å². The Labute approximate surface area is 125 Å². The van der Waals surface area contributed by atoms with Crippen molar-refractivity contribution in [2.24, 2.45) is 5.92 Å². The molecule has 0 aromatic heterocycles. The van der Waals surface area contributed by atoms with E-state index in [9.17, 15) is 9.90 Å². The van der Waals surface area contributed by atoms with Crippen molar-refractivity contribution in [1.29, 1.82) is 0 Å². The van der Waals surface area contributed by atoms with Crippen LogP contribution in [0.2, 0.25) is 0 Å². The number of rotatable bonds is 13. The maximum absolute atomic E-state index is 11.7. The summed E-state index contributed by atoms with van der Waals surface area (Å²) >= 11 is 0. The van der Waals surface area contributed by atoms with Gasteiger partial charge in [-0.15, -0.1) is 0 Å². The number of carbonyl (C=O) groups excluding carboxylic acids is 1. The molecule has 0 aliphatic carbocycles. The fourth-order valence-corrected chi connectivity index (χ4v) is 2.55. The standard InChI is InChI=1S/C17H35NO2/c1-4-7-8-9-10-11-12-13-17(20)18-14-16(19)15(5-2)6-3/h15-16,19H,4-14H2,1-3H3,(H,18,20). The second kappa shape index (κ2) is 13.4. The molecule has 0 aliphatic rings. The minimum Gasteiger partial charge on any atom is -0.391 e. The van der Waals surface area contributed by atoms with Crippen molar-refractivity contribution in [2.75, 3.05) is 6.54 Å². The fourth-order valence-electron chi connectivity index (χ4n) is 2.55. The third-order valence-electron chi connectivity index (χ3n) is 4.11. The minimum absolute atomic E-state index is 0.0866. The summed E-state index contributed by atoms with van der Waals surface area (Å²) in [6.45, 7) is 6.79. The topological polar surface area (TPSA) is 49.3 Å². The SMILES string of the molecule is CCCCCCCCCC(=O)NCC(O)C(CC)CC. The first-order valence-corrected chi connectivity index (χ1v) is 8.60. The number of hydrogen-bond acceptors (Lipinski definition) is 2. The lowest BCUT2D eigenvalue weighted by molar-refractivity contribution is -0.121. The molecule has 0 aliphatic heterocycles. The van der Waals surface area contributed by atoms with Crippen LogP contribution in [0, 0.1) is 5.92 Å². The molecule has 0 bridgehead atoms. The van der Waals surface area contributed by atoms with Crippen molar-refractivity contribution >= 4 is 5.91 Å². The van der Waals surface area contributed by atoms with Crippen molar-refractivity contribution < 1.29 is 9.90 Å². The summed E-state index contributed by atoms with van der Waals surface area (Å²) < 4.78 is 0. The van der Waals surface area contributed by atoms with Gasteiger partial charge in [-0.25, -0.2) is 0 Å². The molecule has 3 heteroatoms. The Morgan fingerprint density at radius 2 is 1.50 bits per heavy atom. The highest BCUT2D eigenvalue weighted by atomic mass is 16.3. The van der Waals surface area contributed by atoms with Crippen molar-refractivity contribution in [2.45, 2.75) is 91.1 Å². The Morgan fingerprint density at radius 3 is 2.05 bits per heavy atom. The Balaban J connectivity index is 3.49. The lowest BCUT2D eigenvalue weighted by atomic mass is 9.96. The third kappa shape index (κ3) is 10.2. The second-order valence-electron chi connectivity index (χ2n) is 5.82. The molecule has 0 rings (SSSR count). The van der Waals surface area contributed by atoms with Crippen molar-refractivity contribution in [3.8, 4) is 0 Å². The maximum Gasteiger partial charge on any atom is 0.220 e. The molecule has 0 saturated heterocycles. The van der Waals surface area contributed by atoms with E-state index >= 15 is 0 Å². The molecule has 0 saturated carbocycles. The van der Waals surface area contributed by atoms with Gasteiger partial charge in [0.2, 0.25) is 5.91 Å². The van der Waals surface area contributed by atoms with Gasteiger partial charge < -0.3 is 10.4 Å². The number of unbranched alkanes of at least 4 members (excludes halogenated alkanes) is 6.